The Balaban J connectivity index is 2.25. The first-order chi connectivity index (χ1) is 8.09. The van der Waals surface area contributed by atoms with Crippen LogP contribution in [0.15, 0.2) is 30.7 Å². The number of imidazole rings is 1. The second kappa shape index (κ2) is 4.85. The average Bonchev–Trinajstić information content (AvgIpc) is 2.70. The van der Waals surface area contributed by atoms with Crippen LogP contribution in [0.1, 0.15) is 17.4 Å². The van der Waals surface area contributed by atoms with Crippen LogP contribution in [0.5, 0.6) is 0 Å². The van der Waals surface area contributed by atoms with Crippen LogP contribution in [-0.2, 0) is 13.5 Å². The zero-order valence-electron chi connectivity index (χ0n) is 9.27. The first-order valence-corrected chi connectivity index (χ1v) is 5.54. The van der Waals surface area contributed by atoms with E-state index in [1.807, 2.05) is 0 Å². The molecule has 5 heteroatoms. The van der Waals surface area contributed by atoms with Crippen LogP contribution in [0, 0.1) is 5.82 Å². The van der Waals surface area contributed by atoms with Crippen molar-refractivity contribution in [3.63, 3.8) is 0 Å². The molecule has 0 aliphatic carbocycles. The van der Waals surface area contributed by atoms with Gasteiger partial charge >= 0.3 is 0 Å². The van der Waals surface area contributed by atoms with Gasteiger partial charge in [-0.15, -0.1) is 0 Å². The zero-order valence-corrected chi connectivity index (χ0v) is 10.0. The summed E-state index contributed by atoms with van der Waals surface area (Å²) in [5.41, 5.74) is 0.951. The van der Waals surface area contributed by atoms with E-state index in [4.69, 9.17) is 11.6 Å². The molecule has 0 fully saturated rings. The van der Waals surface area contributed by atoms with Gasteiger partial charge in [-0.05, 0) is 12.1 Å². The van der Waals surface area contributed by atoms with Crippen molar-refractivity contribution in [1.82, 2.24) is 9.55 Å². The molecule has 2 aromatic rings. The van der Waals surface area contributed by atoms with Gasteiger partial charge < -0.3 is 9.67 Å². The van der Waals surface area contributed by atoms with Gasteiger partial charge in [0.25, 0.3) is 0 Å². The fourth-order valence-electron chi connectivity index (χ4n) is 1.71. The molecule has 0 aliphatic heterocycles. The highest BCUT2D eigenvalue weighted by molar-refractivity contribution is 6.31. The van der Waals surface area contributed by atoms with Gasteiger partial charge in [-0.2, -0.15) is 0 Å². The molecule has 0 aliphatic rings. The molecule has 1 atom stereocenters. The molecule has 1 aromatic heterocycles. The highest BCUT2D eigenvalue weighted by Crippen LogP contribution is 2.25. The van der Waals surface area contributed by atoms with Crippen LogP contribution in [-0.4, -0.2) is 14.7 Å². The van der Waals surface area contributed by atoms with Crippen LogP contribution in [0.25, 0.3) is 0 Å². The van der Waals surface area contributed by atoms with Crippen molar-refractivity contribution in [3.05, 3.63) is 52.8 Å². The summed E-state index contributed by atoms with van der Waals surface area (Å²) in [4.78, 5) is 3.91. The number of aliphatic hydroxyl groups is 1. The molecule has 1 aromatic carbocycles. The maximum absolute atomic E-state index is 13.5. The molecule has 17 heavy (non-hydrogen) atoms. The van der Waals surface area contributed by atoms with Crippen molar-refractivity contribution < 1.29 is 9.50 Å². The summed E-state index contributed by atoms with van der Waals surface area (Å²) in [6, 6.07) is 4.48. The molecule has 0 amide bonds. The minimum absolute atomic E-state index is 0.130. The standard InChI is InChI=1S/C12H12ClFN2O/c1-16-7-15-6-11(16)12(17)5-8-9(13)3-2-4-10(8)14/h2-4,6-7,12,17H,5H2,1H3. The van der Waals surface area contributed by atoms with Gasteiger partial charge in [0.05, 0.1) is 24.3 Å². The number of aromatic nitrogens is 2. The summed E-state index contributed by atoms with van der Waals surface area (Å²) in [5.74, 6) is -0.404. The lowest BCUT2D eigenvalue weighted by atomic mass is 10.1. The van der Waals surface area contributed by atoms with E-state index >= 15 is 0 Å². The van der Waals surface area contributed by atoms with Crippen molar-refractivity contribution in [2.24, 2.45) is 7.05 Å². The molecule has 1 N–H and O–H groups in total. The van der Waals surface area contributed by atoms with Gasteiger partial charge in [0.2, 0.25) is 0 Å². The Kier molecular flexibility index (Phi) is 3.45. The van der Waals surface area contributed by atoms with Gasteiger partial charge in [0.15, 0.2) is 0 Å². The maximum Gasteiger partial charge on any atom is 0.127 e. The third-order valence-electron chi connectivity index (χ3n) is 2.65. The van der Waals surface area contributed by atoms with Crippen molar-refractivity contribution in [2.75, 3.05) is 0 Å². The van der Waals surface area contributed by atoms with Crippen LogP contribution >= 0.6 is 11.6 Å². The van der Waals surface area contributed by atoms with Gasteiger partial charge in [-0.1, -0.05) is 17.7 Å². The molecule has 1 unspecified atom stereocenters. The Labute approximate surface area is 103 Å². The smallest absolute Gasteiger partial charge is 0.127 e. The van der Waals surface area contributed by atoms with E-state index in [0.29, 0.717) is 16.3 Å². The maximum atomic E-state index is 13.5. The molecule has 0 spiro atoms. The fourth-order valence-corrected chi connectivity index (χ4v) is 1.95. The number of rotatable bonds is 3. The lowest BCUT2D eigenvalue weighted by molar-refractivity contribution is 0.169. The molecule has 90 valence electrons. The molecule has 1 heterocycles. The number of aryl methyl sites for hydroxylation is 1. The minimum Gasteiger partial charge on any atom is -0.386 e. The fraction of sp³-hybridized carbons (Fsp3) is 0.250. The number of hydrogen-bond donors (Lipinski definition) is 1. The third-order valence-corrected chi connectivity index (χ3v) is 3.01. The summed E-state index contributed by atoms with van der Waals surface area (Å²) in [6.45, 7) is 0. The Hall–Kier alpha value is -1.39. The lowest BCUT2D eigenvalue weighted by Crippen LogP contribution is -2.08. The third kappa shape index (κ3) is 2.48. The summed E-state index contributed by atoms with van der Waals surface area (Å²) < 4.78 is 15.2. The normalized spacial score (nSPS) is 12.7. The second-order valence-corrected chi connectivity index (χ2v) is 4.26. The van der Waals surface area contributed by atoms with E-state index in [9.17, 15) is 9.50 Å². The summed E-state index contributed by atoms with van der Waals surface area (Å²) in [7, 11) is 1.77. The Morgan fingerprint density at radius 2 is 2.29 bits per heavy atom. The van der Waals surface area contributed by atoms with Crippen LogP contribution < -0.4 is 0 Å². The van der Waals surface area contributed by atoms with E-state index in [0.717, 1.165) is 0 Å². The molecule has 0 saturated heterocycles. The Bertz CT molecular complexity index is 507. The minimum atomic E-state index is -0.822. The first-order valence-electron chi connectivity index (χ1n) is 5.16. The van der Waals surface area contributed by atoms with E-state index < -0.39 is 11.9 Å². The molecule has 3 nitrogen and oxygen atoms in total. The zero-order chi connectivity index (χ0) is 12.4. The van der Waals surface area contributed by atoms with Crippen LogP contribution in [0.3, 0.4) is 0 Å². The van der Waals surface area contributed by atoms with Gasteiger partial charge in [-0.3, -0.25) is 0 Å². The van der Waals surface area contributed by atoms with E-state index in [2.05, 4.69) is 4.98 Å². The molecule has 0 radical (unpaired) electrons. The molecule has 0 bridgehead atoms. The number of halogens is 2. The number of aliphatic hydroxyl groups excluding tert-OH is 1. The monoisotopic (exact) mass is 254 g/mol. The molecule has 2 rings (SSSR count). The highest BCUT2D eigenvalue weighted by Gasteiger charge is 2.16. The largest absolute Gasteiger partial charge is 0.386 e. The van der Waals surface area contributed by atoms with E-state index in [1.54, 1.807) is 30.2 Å². The number of benzene rings is 1. The summed E-state index contributed by atoms with van der Waals surface area (Å²) >= 11 is 5.90. The number of hydrogen-bond acceptors (Lipinski definition) is 2. The van der Waals surface area contributed by atoms with Gasteiger partial charge in [0.1, 0.15) is 5.82 Å². The summed E-state index contributed by atoms with van der Waals surface area (Å²) in [5, 5.41) is 10.3. The van der Waals surface area contributed by atoms with Crippen LogP contribution in [0.4, 0.5) is 4.39 Å². The second-order valence-electron chi connectivity index (χ2n) is 3.85. The van der Waals surface area contributed by atoms with Crippen LogP contribution in [0.2, 0.25) is 5.02 Å². The Morgan fingerprint density at radius 1 is 1.53 bits per heavy atom. The predicted octanol–water partition coefficient (Wildman–Crippen LogP) is 2.49. The molecular weight excluding hydrogens is 243 g/mol. The molecular formula is C12H12ClFN2O. The predicted molar refractivity (Wildman–Crippen MR) is 63.3 cm³/mol. The van der Waals surface area contributed by atoms with Crippen molar-refractivity contribution in [2.45, 2.75) is 12.5 Å². The quantitative estimate of drug-likeness (QED) is 0.914. The first kappa shape index (κ1) is 12.1. The van der Waals surface area contributed by atoms with Gasteiger partial charge in [-0.25, -0.2) is 9.37 Å². The topological polar surface area (TPSA) is 38.0 Å². The van der Waals surface area contributed by atoms with E-state index in [-0.39, 0.29) is 6.42 Å². The SMILES string of the molecule is Cn1cncc1C(O)Cc1c(F)cccc1Cl. The van der Waals surface area contributed by atoms with Gasteiger partial charge in [0, 0.05) is 24.1 Å². The highest BCUT2D eigenvalue weighted by atomic mass is 35.5. The average molecular weight is 255 g/mol. The van der Waals surface area contributed by atoms with Crippen molar-refractivity contribution in [3.8, 4) is 0 Å². The van der Waals surface area contributed by atoms with Crippen molar-refractivity contribution in [1.29, 1.82) is 0 Å². The van der Waals surface area contributed by atoms with Crippen molar-refractivity contribution >= 4 is 11.6 Å². The lowest BCUT2D eigenvalue weighted by Gasteiger charge is -2.12. The Morgan fingerprint density at radius 3 is 2.88 bits per heavy atom. The van der Waals surface area contributed by atoms with E-state index in [1.165, 1.54) is 12.1 Å². The molecule has 0 saturated carbocycles. The summed E-state index contributed by atoms with van der Waals surface area (Å²) in [6.07, 6.45) is 2.45. The number of nitrogens with zero attached hydrogens (tertiary/aromatic N) is 2.